The average molecular weight is 459 g/mol. The number of anilines is 1. The number of non-ortho nitro benzene ring substituents is 1. The van der Waals surface area contributed by atoms with Crippen LogP contribution in [-0.2, 0) is 0 Å². The van der Waals surface area contributed by atoms with E-state index in [0.717, 1.165) is 5.56 Å². The van der Waals surface area contributed by atoms with Crippen molar-refractivity contribution >= 4 is 17.3 Å². The lowest BCUT2D eigenvalue weighted by Crippen LogP contribution is -2.12. The van der Waals surface area contributed by atoms with Crippen molar-refractivity contribution in [2.75, 3.05) is 19.0 Å². The first-order chi connectivity index (χ1) is 16.5. The predicted octanol–water partition coefficient (Wildman–Crippen LogP) is 4.50. The Morgan fingerprint density at radius 1 is 1.09 bits per heavy atom. The molecule has 0 unspecified atom stereocenters. The molecule has 4 aromatic rings. The quantitative estimate of drug-likeness (QED) is 0.304. The average Bonchev–Trinajstić information content (AvgIpc) is 3.28. The van der Waals surface area contributed by atoms with E-state index in [-0.39, 0.29) is 17.3 Å². The predicted molar refractivity (Wildman–Crippen MR) is 126 cm³/mol. The van der Waals surface area contributed by atoms with E-state index in [0.29, 0.717) is 29.6 Å². The summed E-state index contributed by atoms with van der Waals surface area (Å²) >= 11 is 0. The molecular formula is C24H21N5O5. The zero-order valence-electron chi connectivity index (χ0n) is 18.5. The Balaban J connectivity index is 1.66. The number of nitrogens with zero attached hydrogens (tertiary/aromatic N) is 4. The highest BCUT2D eigenvalue weighted by Crippen LogP contribution is 2.27. The van der Waals surface area contributed by atoms with Gasteiger partial charge in [0.05, 0.1) is 24.3 Å². The zero-order chi connectivity index (χ0) is 24.1. The highest BCUT2D eigenvalue weighted by atomic mass is 16.6. The Bertz CT molecular complexity index is 1330. The third-order valence-corrected chi connectivity index (χ3v) is 4.88. The van der Waals surface area contributed by atoms with Gasteiger partial charge in [-0.1, -0.05) is 12.1 Å². The summed E-state index contributed by atoms with van der Waals surface area (Å²) in [5.41, 5.74) is 1.95. The van der Waals surface area contributed by atoms with Crippen LogP contribution < -0.4 is 14.8 Å². The van der Waals surface area contributed by atoms with E-state index in [4.69, 9.17) is 9.47 Å². The summed E-state index contributed by atoms with van der Waals surface area (Å²) in [4.78, 5) is 27.6. The van der Waals surface area contributed by atoms with E-state index in [1.165, 1.54) is 24.3 Å². The summed E-state index contributed by atoms with van der Waals surface area (Å²) < 4.78 is 12.4. The number of nitro groups is 1. The zero-order valence-corrected chi connectivity index (χ0v) is 18.5. The number of ether oxygens (including phenoxy) is 2. The number of hydrogen-bond donors (Lipinski definition) is 1. The van der Waals surface area contributed by atoms with Crippen molar-refractivity contribution in [2.24, 2.45) is 0 Å². The summed E-state index contributed by atoms with van der Waals surface area (Å²) in [5.74, 6) is 0.795. The molecule has 10 heteroatoms. The molecule has 1 amide bonds. The van der Waals surface area contributed by atoms with Crippen molar-refractivity contribution in [3.8, 4) is 28.8 Å². The van der Waals surface area contributed by atoms with Gasteiger partial charge in [0, 0.05) is 28.9 Å². The van der Waals surface area contributed by atoms with E-state index < -0.39 is 10.8 Å². The number of rotatable bonds is 8. The van der Waals surface area contributed by atoms with Gasteiger partial charge < -0.3 is 14.8 Å². The minimum absolute atomic E-state index is 0.156. The highest BCUT2D eigenvalue weighted by Gasteiger charge is 2.16. The first kappa shape index (κ1) is 22.5. The summed E-state index contributed by atoms with van der Waals surface area (Å²) in [7, 11) is 1.60. The second kappa shape index (κ2) is 9.82. The number of nitrogens with one attached hydrogen (secondary N) is 1. The fourth-order valence-electron chi connectivity index (χ4n) is 3.27. The van der Waals surface area contributed by atoms with Crippen molar-refractivity contribution in [1.29, 1.82) is 0 Å². The largest absolute Gasteiger partial charge is 0.497 e. The van der Waals surface area contributed by atoms with E-state index in [2.05, 4.69) is 15.4 Å². The van der Waals surface area contributed by atoms with Crippen LogP contribution in [-0.4, -0.2) is 39.3 Å². The molecule has 0 saturated heterocycles. The van der Waals surface area contributed by atoms with Crippen molar-refractivity contribution in [3.05, 3.63) is 88.5 Å². The number of aromatic nitrogens is 3. The van der Waals surface area contributed by atoms with Crippen LogP contribution >= 0.6 is 0 Å². The van der Waals surface area contributed by atoms with Crippen LogP contribution in [0.15, 0.2) is 72.8 Å². The van der Waals surface area contributed by atoms with Crippen LogP contribution in [0.3, 0.4) is 0 Å². The SMILES string of the molecule is CCOc1nc(-c2ccc(OC)cc2)n(-c2cccc(NC(=O)c3cccc([N+](=O)[O-])c3)c2)n1. The number of methoxy groups -OCH3 is 1. The topological polar surface area (TPSA) is 121 Å². The Hall–Kier alpha value is -4.73. The van der Waals surface area contributed by atoms with Crippen LogP contribution in [0.1, 0.15) is 17.3 Å². The maximum Gasteiger partial charge on any atom is 0.336 e. The molecule has 172 valence electrons. The van der Waals surface area contributed by atoms with Gasteiger partial charge in [-0.2, -0.15) is 4.98 Å². The lowest BCUT2D eigenvalue weighted by Gasteiger charge is -2.10. The molecular weight excluding hydrogens is 438 g/mol. The standard InChI is InChI=1S/C24H21N5O5/c1-3-34-24-26-22(16-10-12-21(33-2)13-11-16)28(27-24)19-8-5-7-18(15-19)25-23(30)17-6-4-9-20(14-17)29(31)32/h4-15H,3H2,1-2H3,(H,25,30). The van der Waals surface area contributed by atoms with Crippen LogP contribution in [0.25, 0.3) is 17.1 Å². The van der Waals surface area contributed by atoms with Gasteiger partial charge in [0.15, 0.2) is 5.82 Å². The summed E-state index contributed by atoms with van der Waals surface area (Å²) in [6.07, 6.45) is 0. The van der Waals surface area contributed by atoms with Gasteiger partial charge in [0.25, 0.3) is 11.6 Å². The summed E-state index contributed by atoms with van der Waals surface area (Å²) in [6, 6.07) is 20.2. The summed E-state index contributed by atoms with van der Waals surface area (Å²) in [6.45, 7) is 2.25. The van der Waals surface area contributed by atoms with Crippen LogP contribution in [0.2, 0.25) is 0 Å². The lowest BCUT2D eigenvalue weighted by atomic mass is 10.1. The lowest BCUT2D eigenvalue weighted by molar-refractivity contribution is -0.384. The monoisotopic (exact) mass is 459 g/mol. The molecule has 0 aliphatic carbocycles. The third kappa shape index (κ3) is 4.85. The van der Waals surface area contributed by atoms with Gasteiger partial charge in [-0.15, -0.1) is 5.10 Å². The molecule has 0 saturated carbocycles. The molecule has 0 radical (unpaired) electrons. The minimum Gasteiger partial charge on any atom is -0.497 e. The normalized spacial score (nSPS) is 10.5. The number of carbonyl (C=O) groups excluding carboxylic acids is 1. The van der Waals surface area contributed by atoms with Crippen molar-refractivity contribution in [1.82, 2.24) is 14.8 Å². The molecule has 0 spiro atoms. The van der Waals surface area contributed by atoms with Gasteiger partial charge in [-0.3, -0.25) is 14.9 Å². The molecule has 1 heterocycles. The molecule has 0 bridgehead atoms. The molecule has 34 heavy (non-hydrogen) atoms. The fraction of sp³-hybridized carbons (Fsp3) is 0.125. The van der Waals surface area contributed by atoms with Crippen LogP contribution in [0.5, 0.6) is 11.8 Å². The first-order valence-corrected chi connectivity index (χ1v) is 10.4. The smallest absolute Gasteiger partial charge is 0.336 e. The number of carbonyl (C=O) groups is 1. The van der Waals surface area contributed by atoms with Gasteiger partial charge >= 0.3 is 6.01 Å². The van der Waals surface area contributed by atoms with E-state index in [9.17, 15) is 14.9 Å². The Morgan fingerprint density at radius 2 is 1.85 bits per heavy atom. The number of benzene rings is 3. The number of hydrogen-bond acceptors (Lipinski definition) is 7. The first-order valence-electron chi connectivity index (χ1n) is 10.4. The maximum atomic E-state index is 12.7. The van der Waals surface area contributed by atoms with Gasteiger partial charge in [-0.25, -0.2) is 4.68 Å². The number of nitro benzene ring substituents is 1. The van der Waals surface area contributed by atoms with Crippen molar-refractivity contribution < 1.29 is 19.2 Å². The van der Waals surface area contributed by atoms with Gasteiger partial charge in [-0.05, 0) is 55.5 Å². The summed E-state index contributed by atoms with van der Waals surface area (Å²) in [5, 5.41) is 18.2. The molecule has 10 nitrogen and oxygen atoms in total. The second-order valence-electron chi connectivity index (χ2n) is 7.10. The van der Waals surface area contributed by atoms with E-state index in [1.807, 2.05) is 37.3 Å². The molecule has 1 N–H and O–H groups in total. The molecule has 1 aromatic heterocycles. The van der Waals surface area contributed by atoms with E-state index >= 15 is 0 Å². The van der Waals surface area contributed by atoms with Crippen molar-refractivity contribution in [3.63, 3.8) is 0 Å². The molecule has 0 fully saturated rings. The minimum atomic E-state index is -0.543. The van der Waals surface area contributed by atoms with E-state index in [1.54, 1.807) is 30.0 Å². The molecule has 0 aliphatic heterocycles. The Kier molecular flexibility index (Phi) is 6.49. The van der Waals surface area contributed by atoms with Crippen LogP contribution in [0.4, 0.5) is 11.4 Å². The van der Waals surface area contributed by atoms with Crippen molar-refractivity contribution in [2.45, 2.75) is 6.92 Å². The highest BCUT2D eigenvalue weighted by molar-refractivity contribution is 6.04. The van der Waals surface area contributed by atoms with Gasteiger partial charge in [0.1, 0.15) is 5.75 Å². The van der Waals surface area contributed by atoms with Gasteiger partial charge in [0.2, 0.25) is 0 Å². The maximum absolute atomic E-state index is 12.7. The van der Waals surface area contributed by atoms with Crippen LogP contribution in [0, 0.1) is 10.1 Å². The Morgan fingerprint density at radius 3 is 2.56 bits per heavy atom. The third-order valence-electron chi connectivity index (χ3n) is 4.88. The molecule has 4 rings (SSSR count). The number of amides is 1. The Labute approximate surface area is 194 Å². The second-order valence-corrected chi connectivity index (χ2v) is 7.10. The molecule has 0 atom stereocenters. The molecule has 0 aliphatic rings. The fourth-order valence-corrected chi connectivity index (χ4v) is 3.27. The molecule has 3 aromatic carbocycles.